The van der Waals surface area contributed by atoms with Gasteiger partial charge in [0.2, 0.25) is 0 Å². The highest BCUT2D eigenvalue weighted by Gasteiger charge is 2.18. The quantitative estimate of drug-likeness (QED) is 0.0716. The van der Waals surface area contributed by atoms with E-state index in [2.05, 4.69) is 146 Å². The van der Waals surface area contributed by atoms with Crippen molar-refractivity contribution < 1.29 is 35.4 Å². The molecule has 1 aliphatic rings. The van der Waals surface area contributed by atoms with E-state index in [4.69, 9.17) is 5.11 Å². The molecule has 1 saturated carbocycles. The van der Waals surface area contributed by atoms with Crippen molar-refractivity contribution in [2.75, 3.05) is 21.1 Å². The maximum Gasteiger partial charge on any atom is 0.335 e. The van der Waals surface area contributed by atoms with E-state index in [0.717, 1.165) is 37.9 Å². The molecule has 0 radical (unpaired) electrons. The van der Waals surface area contributed by atoms with E-state index in [1.54, 1.807) is 66.7 Å². The Morgan fingerprint density at radius 2 is 0.965 bits per heavy atom. The molecule has 8 nitrogen and oxygen atoms in total. The Kier molecular flexibility index (Phi) is 22.3. The van der Waals surface area contributed by atoms with Gasteiger partial charge in [0.1, 0.15) is 28.7 Å². The van der Waals surface area contributed by atoms with Crippen molar-refractivity contribution in [2.45, 2.75) is 71.1 Å². The Bertz CT molecular complexity index is 3770. The number of rotatable bonds is 9. The highest BCUT2D eigenvalue weighted by molar-refractivity contribution is 5.89. The zero-order valence-corrected chi connectivity index (χ0v) is 49.9. The van der Waals surface area contributed by atoms with Crippen LogP contribution in [0.3, 0.4) is 0 Å². The zero-order chi connectivity index (χ0) is 60.9. The molecule has 11 rings (SSSR count). The number of nitrogens with zero attached hydrogens (tertiary/aromatic N) is 1. The van der Waals surface area contributed by atoms with Crippen molar-refractivity contribution in [2.24, 2.45) is 0 Å². The Morgan fingerprint density at radius 1 is 0.494 bits per heavy atom. The molecule has 8 heteroatoms. The largest absolute Gasteiger partial charge is 0.872 e. The van der Waals surface area contributed by atoms with Crippen molar-refractivity contribution >= 4 is 34.6 Å². The molecule has 0 saturated heterocycles. The summed E-state index contributed by atoms with van der Waals surface area (Å²) in [6, 6.07) is 72.4. The number of fused-ring (bicyclic) bond motifs is 1. The molecule has 0 unspecified atom stereocenters. The normalized spacial score (nSPS) is 12.4. The smallest absolute Gasteiger partial charge is 0.335 e. The minimum absolute atomic E-state index is 0.0643. The lowest BCUT2D eigenvalue weighted by Gasteiger charge is -2.23. The lowest BCUT2D eigenvalue weighted by Crippen LogP contribution is -2.34. The number of aromatic hydroxyl groups is 4. The summed E-state index contributed by atoms with van der Waals surface area (Å²) in [4.78, 5) is 10.7. The number of carboxylic acids is 1. The molecule has 0 amide bonds. The molecule has 0 aromatic heterocycles. The number of benzene rings is 10. The van der Waals surface area contributed by atoms with E-state index in [1.165, 1.54) is 89.0 Å². The summed E-state index contributed by atoms with van der Waals surface area (Å²) in [6.45, 7) is 8.69. The van der Waals surface area contributed by atoms with Gasteiger partial charge < -0.3 is 30.6 Å². The van der Waals surface area contributed by atoms with E-state index in [-0.39, 0.29) is 16.7 Å². The molecule has 0 aliphatic heterocycles. The molecule has 434 valence electrons. The summed E-state index contributed by atoms with van der Waals surface area (Å²) in [5, 5.41) is 60.7. The van der Waals surface area contributed by atoms with E-state index in [1.807, 2.05) is 72.8 Å². The van der Waals surface area contributed by atoms with Gasteiger partial charge in [0.15, 0.2) is 0 Å². The summed E-state index contributed by atoms with van der Waals surface area (Å²) in [5.74, 6) is 0.975. The van der Waals surface area contributed by atoms with Crippen LogP contribution in [0.2, 0.25) is 0 Å². The van der Waals surface area contributed by atoms with Gasteiger partial charge in [0.25, 0.3) is 0 Å². The van der Waals surface area contributed by atoms with Gasteiger partial charge in [-0.25, -0.2) is 4.79 Å². The first kappa shape index (κ1) is 63.0. The number of carbonyl (C=O) groups is 1. The molecule has 10 aromatic rings. The second kappa shape index (κ2) is 30.1. The van der Waals surface area contributed by atoms with Crippen LogP contribution < -0.4 is 9.59 Å². The minimum atomic E-state index is -0.970. The molecule has 85 heavy (non-hydrogen) atoms. The molecule has 5 N–H and O–H groups in total. The summed E-state index contributed by atoms with van der Waals surface area (Å²) in [5.41, 5.74) is 13.2. The first-order valence-electron chi connectivity index (χ1n) is 28.8. The number of phenolic OH excluding ortho intramolecular Hbond substituents is 4. The maximum absolute atomic E-state index is 11.5. The molecule has 0 spiro atoms. The second-order valence-electron chi connectivity index (χ2n) is 23.1. The zero-order valence-electron chi connectivity index (χ0n) is 49.9. The number of quaternary nitrogens is 1. The van der Waals surface area contributed by atoms with Crippen molar-refractivity contribution in [3.63, 3.8) is 0 Å². The molecule has 0 atom stereocenters. The van der Waals surface area contributed by atoms with E-state index in [0.29, 0.717) is 34.5 Å². The topological polar surface area (TPSA) is 141 Å². The minimum Gasteiger partial charge on any atom is -0.872 e. The molecular formula is C77H79NO7. The SMILES string of the molecule is CC(C)(C)c1ccc(-c2ccccc2O)cc1.C[N+](C)(C)c1ccc(/C=C/C=C/c2ccc(O)cc2)cc1.Cc1ccc2cc(-c3ccc(O)cc3)ccc2c1.O=C(O)c1ccc(-c2ccccc2[O-])cc1.Oc1ccccc1C1CCCCC1. The number of aromatic carboxylic acids is 1. The van der Waals surface area contributed by atoms with E-state index >= 15 is 0 Å². The van der Waals surface area contributed by atoms with Crippen molar-refractivity contribution in [1.29, 1.82) is 0 Å². The third-order valence-electron chi connectivity index (χ3n) is 14.7. The average molecular weight is 1130 g/mol. The molecule has 0 heterocycles. The summed E-state index contributed by atoms with van der Waals surface area (Å²) in [6.07, 6.45) is 14.6. The third-order valence-corrected chi connectivity index (χ3v) is 14.7. The van der Waals surface area contributed by atoms with Crippen LogP contribution in [0.4, 0.5) is 5.69 Å². The number of hydrogen-bond donors (Lipinski definition) is 5. The van der Waals surface area contributed by atoms with Crippen LogP contribution in [0.5, 0.6) is 28.7 Å². The Labute approximate surface area is 502 Å². The van der Waals surface area contributed by atoms with Crippen molar-refractivity contribution in [1.82, 2.24) is 4.48 Å². The fourth-order valence-electron chi connectivity index (χ4n) is 9.76. The second-order valence-corrected chi connectivity index (χ2v) is 23.1. The van der Waals surface area contributed by atoms with Crippen LogP contribution in [-0.2, 0) is 5.41 Å². The summed E-state index contributed by atoms with van der Waals surface area (Å²) >= 11 is 0. The first-order valence-corrected chi connectivity index (χ1v) is 28.8. The van der Waals surface area contributed by atoms with Crippen LogP contribution in [0.15, 0.2) is 243 Å². The monoisotopic (exact) mass is 1130 g/mol. The maximum atomic E-state index is 11.5. The van der Waals surface area contributed by atoms with Gasteiger partial charge in [-0.2, -0.15) is 0 Å². The molecule has 1 fully saturated rings. The van der Waals surface area contributed by atoms with Crippen LogP contribution in [0, 0.1) is 6.92 Å². The number of aryl methyl sites for hydroxylation is 1. The lowest BCUT2D eigenvalue weighted by atomic mass is 9.84. The van der Waals surface area contributed by atoms with Gasteiger partial charge in [0, 0.05) is 5.56 Å². The highest BCUT2D eigenvalue weighted by atomic mass is 16.4. The summed E-state index contributed by atoms with van der Waals surface area (Å²) in [7, 11) is 6.47. The molecule has 0 bridgehead atoms. The molecule has 10 aromatic carbocycles. The van der Waals surface area contributed by atoms with Gasteiger partial charge in [-0.05, 0) is 171 Å². The van der Waals surface area contributed by atoms with Gasteiger partial charge in [-0.1, -0.05) is 222 Å². The summed E-state index contributed by atoms with van der Waals surface area (Å²) < 4.78 is 0.824. The Morgan fingerprint density at radius 3 is 1.52 bits per heavy atom. The van der Waals surface area contributed by atoms with Crippen LogP contribution in [-0.4, -0.2) is 52.6 Å². The fourth-order valence-corrected chi connectivity index (χ4v) is 9.76. The fraction of sp³-hybridized carbons (Fsp3) is 0.182. The number of phenols is 4. The predicted octanol–water partition coefficient (Wildman–Crippen LogP) is 18.8. The van der Waals surface area contributed by atoms with Gasteiger partial charge in [-0.3, -0.25) is 4.48 Å². The van der Waals surface area contributed by atoms with E-state index < -0.39 is 5.97 Å². The van der Waals surface area contributed by atoms with Crippen LogP contribution in [0.25, 0.3) is 56.3 Å². The standard InChI is InChI=1S/C19H21NO.C17H14O.C16H18O.C13H10O3.C12H16O/c1-20(2,3)18-12-8-16(9-13-18)6-4-5-7-17-10-14-19(21)15-11-17;1-12-2-3-16-11-15(5-4-14(16)10-12)13-6-8-17(18)9-7-13;1-16(2,3)13-10-8-12(9-11-13)14-6-4-5-7-15(14)17;14-12-4-2-1-3-11(12)9-5-7-10(8-6-9)13(15)16;13-12-9-5-4-8-11(12)10-6-2-1-3-7-10/h4-15H,1-3H3;2-11,18H,1H3;4-11,17H,1-3H3;1-8,14H,(H,15,16);4-5,8-10,13H,1-3,6-7H2/b6-4+,7-5+;;;;. The van der Waals surface area contributed by atoms with Crippen molar-refractivity contribution in [3.05, 3.63) is 276 Å². The molecular weight excluding hydrogens is 1050 g/mol. The van der Waals surface area contributed by atoms with Crippen LogP contribution in [0.1, 0.15) is 97.0 Å². The number of allylic oxidation sites excluding steroid dienone is 2. The van der Waals surface area contributed by atoms with Crippen molar-refractivity contribution in [3.8, 4) is 62.1 Å². The van der Waals surface area contributed by atoms with E-state index in [9.17, 15) is 30.3 Å². The van der Waals surface area contributed by atoms with Crippen LogP contribution >= 0.6 is 0 Å². The predicted molar refractivity (Wildman–Crippen MR) is 352 cm³/mol. The Hall–Kier alpha value is -9.63. The highest BCUT2D eigenvalue weighted by Crippen LogP contribution is 2.37. The number of hydrogen-bond acceptors (Lipinski definition) is 6. The number of para-hydroxylation sites is 3. The average Bonchev–Trinajstić information content (AvgIpc) is 3.71. The van der Waals surface area contributed by atoms with Gasteiger partial charge in [-0.15, -0.1) is 5.75 Å². The third kappa shape index (κ3) is 19.2. The lowest BCUT2D eigenvalue weighted by molar-refractivity contribution is -0.267. The first-order chi connectivity index (χ1) is 40.7. The van der Waals surface area contributed by atoms with Gasteiger partial charge >= 0.3 is 5.97 Å². The Balaban J connectivity index is 0.000000153. The molecule has 1 aliphatic carbocycles. The number of carboxylic acid groups (broad SMARTS) is 1. The van der Waals surface area contributed by atoms with Gasteiger partial charge in [0.05, 0.1) is 26.7 Å².